The zero-order chi connectivity index (χ0) is 11.4. The van der Waals surface area contributed by atoms with Crippen LogP contribution in [0.2, 0.25) is 0 Å². The Morgan fingerprint density at radius 1 is 1.57 bits per heavy atom. The molecule has 0 aliphatic heterocycles. The molecule has 1 unspecified atom stereocenters. The second kappa shape index (κ2) is 5.12. The third-order valence-corrected chi connectivity index (χ3v) is 1.83. The monoisotopic (exact) mass is 202 g/mol. The van der Waals surface area contributed by atoms with Crippen molar-refractivity contribution in [1.29, 1.82) is 0 Å². The van der Waals surface area contributed by atoms with E-state index in [0.717, 1.165) is 0 Å². The van der Waals surface area contributed by atoms with Gasteiger partial charge in [0, 0.05) is 5.57 Å². The lowest BCUT2D eigenvalue weighted by atomic mass is 9.85. The van der Waals surface area contributed by atoms with E-state index in [1.54, 1.807) is 19.9 Å². The molecule has 4 nitrogen and oxygen atoms in total. The van der Waals surface area contributed by atoms with Crippen LogP contribution < -0.4 is 0 Å². The van der Waals surface area contributed by atoms with Crippen molar-refractivity contribution in [3.63, 3.8) is 0 Å². The molecule has 0 saturated carbocycles. The Bertz CT molecular complexity index is 228. The number of rotatable bonds is 4. The van der Waals surface area contributed by atoms with Crippen LogP contribution in [0.15, 0.2) is 11.6 Å². The summed E-state index contributed by atoms with van der Waals surface area (Å²) < 4.78 is 0. The maximum Gasteiger partial charge on any atom is 0.368 e. The molecule has 0 aliphatic rings. The van der Waals surface area contributed by atoms with Crippen LogP contribution in [0.1, 0.15) is 34.1 Å². The first kappa shape index (κ1) is 13.1. The van der Waals surface area contributed by atoms with Crippen LogP contribution in [0.3, 0.4) is 0 Å². The zero-order valence-electron chi connectivity index (χ0n) is 9.07. The summed E-state index contributed by atoms with van der Waals surface area (Å²) in [6, 6.07) is 0. The molecule has 0 radical (unpaired) electrons. The maximum absolute atomic E-state index is 10.9. The second-order valence-electron chi connectivity index (χ2n) is 4.25. The van der Waals surface area contributed by atoms with Crippen molar-refractivity contribution in [2.75, 3.05) is 0 Å². The molecule has 0 saturated heterocycles. The third-order valence-electron chi connectivity index (χ3n) is 1.83. The Labute approximate surface area is 84.1 Å². The lowest BCUT2D eigenvalue weighted by Crippen LogP contribution is -2.17. The van der Waals surface area contributed by atoms with Crippen LogP contribution in [0.25, 0.3) is 0 Å². The number of carbonyl (C=O) groups is 1. The molecule has 0 rings (SSSR count). The van der Waals surface area contributed by atoms with Gasteiger partial charge in [-0.3, -0.25) is 4.89 Å². The lowest BCUT2D eigenvalue weighted by Gasteiger charge is -2.22. The summed E-state index contributed by atoms with van der Waals surface area (Å²) in [7, 11) is 0. The first-order chi connectivity index (χ1) is 6.28. The van der Waals surface area contributed by atoms with Crippen LogP contribution in [0.4, 0.5) is 0 Å². The smallest absolute Gasteiger partial charge is 0.368 e. The van der Waals surface area contributed by atoms with Gasteiger partial charge < -0.3 is 5.11 Å². The average Bonchev–Trinajstić information content (AvgIpc) is 1.99. The number of carbonyl (C=O) groups excluding carboxylic acids is 1. The van der Waals surface area contributed by atoms with Gasteiger partial charge in [-0.05, 0) is 25.7 Å². The minimum absolute atomic E-state index is 0.299. The van der Waals surface area contributed by atoms with Gasteiger partial charge in [0.25, 0.3) is 0 Å². The number of aliphatic hydroxyl groups is 1. The molecule has 0 aliphatic carbocycles. The number of hydrogen-bond acceptors (Lipinski definition) is 4. The normalized spacial score (nSPS) is 15.1. The van der Waals surface area contributed by atoms with E-state index in [1.807, 2.05) is 13.8 Å². The summed E-state index contributed by atoms with van der Waals surface area (Å²) in [5, 5.41) is 17.3. The molecule has 0 aromatic heterocycles. The van der Waals surface area contributed by atoms with Crippen LogP contribution in [-0.2, 0) is 9.68 Å². The first-order valence-corrected chi connectivity index (χ1v) is 4.52. The summed E-state index contributed by atoms with van der Waals surface area (Å²) in [5.74, 6) is -0.760. The van der Waals surface area contributed by atoms with Crippen molar-refractivity contribution in [2.45, 2.75) is 40.2 Å². The van der Waals surface area contributed by atoms with Gasteiger partial charge in [-0.2, -0.15) is 5.26 Å². The molecule has 0 bridgehead atoms. The molecular formula is C10H18O4. The highest BCUT2D eigenvalue weighted by atomic mass is 17.1. The quantitative estimate of drug-likeness (QED) is 0.414. The van der Waals surface area contributed by atoms with Crippen molar-refractivity contribution in [3.8, 4) is 0 Å². The average molecular weight is 202 g/mol. The molecule has 82 valence electrons. The molecule has 0 fully saturated rings. The number of hydrogen-bond donors (Lipinski definition) is 2. The van der Waals surface area contributed by atoms with Crippen LogP contribution in [-0.4, -0.2) is 22.4 Å². The standard InChI is InChI=1S/C10H18O4/c1-7(9(12)14-13)5-10(3,4)6-8(2)11/h5,8,11,13H,6H2,1-4H3. The minimum Gasteiger partial charge on any atom is -0.393 e. The predicted octanol–water partition coefficient (Wildman–Crippen LogP) is 1.75. The van der Waals surface area contributed by atoms with Crippen molar-refractivity contribution in [2.24, 2.45) is 5.41 Å². The minimum atomic E-state index is -0.760. The van der Waals surface area contributed by atoms with E-state index >= 15 is 0 Å². The molecule has 0 amide bonds. The fraction of sp³-hybridized carbons (Fsp3) is 0.700. The van der Waals surface area contributed by atoms with Gasteiger partial charge in [0.2, 0.25) is 0 Å². The van der Waals surface area contributed by atoms with E-state index in [2.05, 4.69) is 4.89 Å². The zero-order valence-corrected chi connectivity index (χ0v) is 9.07. The van der Waals surface area contributed by atoms with Gasteiger partial charge in [0.15, 0.2) is 0 Å². The van der Waals surface area contributed by atoms with Crippen LogP contribution in [0.5, 0.6) is 0 Å². The summed E-state index contributed by atoms with van der Waals surface area (Å²) in [5.41, 5.74) is 0.0325. The second-order valence-corrected chi connectivity index (χ2v) is 4.25. The molecular weight excluding hydrogens is 184 g/mol. The largest absolute Gasteiger partial charge is 0.393 e. The van der Waals surface area contributed by atoms with E-state index in [0.29, 0.717) is 12.0 Å². The summed E-state index contributed by atoms with van der Waals surface area (Å²) >= 11 is 0. The van der Waals surface area contributed by atoms with Gasteiger partial charge in [0.05, 0.1) is 6.10 Å². The summed E-state index contributed by atoms with van der Waals surface area (Å²) in [6.45, 7) is 7.04. The van der Waals surface area contributed by atoms with Gasteiger partial charge in [-0.25, -0.2) is 4.79 Å². The van der Waals surface area contributed by atoms with Crippen molar-refractivity contribution in [3.05, 3.63) is 11.6 Å². The van der Waals surface area contributed by atoms with Gasteiger partial charge >= 0.3 is 5.97 Å². The van der Waals surface area contributed by atoms with Crippen molar-refractivity contribution in [1.82, 2.24) is 0 Å². The number of aliphatic hydroxyl groups excluding tert-OH is 1. The van der Waals surface area contributed by atoms with E-state index < -0.39 is 12.1 Å². The third kappa shape index (κ3) is 4.99. The predicted molar refractivity (Wildman–Crippen MR) is 52.6 cm³/mol. The summed E-state index contributed by atoms with van der Waals surface area (Å²) in [6.07, 6.45) is 1.79. The number of allylic oxidation sites excluding steroid dienone is 1. The van der Waals surface area contributed by atoms with E-state index in [-0.39, 0.29) is 5.41 Å². The fourth-order valence-corrected chi connectivity index (χ4v) is 1.54. The van der Waals surface area contributed by atoms with E-state index in [1.165, 1.54) is 0 Å². The Balaban J connectivity index is 4.52. The van der Waals surface area contributed by atoms with Gasteiger partial charge in [0.1, 0.15) is 0 Å². The Hall–Kier alpha value is -0.870. The molecule has 14 heavy (non-hydrogen) atoms. The first-order valence-electron chi connectivity index (χ1n) is 4.52. The van der Waals surface area contributed by atoms with Crippen LogP contribution in [0, 0.1) is 5.41 Å². The Morgan fingerprint density at radius 2 is 2.07 bits per heavy atom. The highest BCUT2D eigenvalue weighted by molar-refractivity contribution is 5.87. The molecule has 4 heteroatoms. The van der Waals surface area contributed by atoms with E-state index in [9.17, 15) is 9.90 Å². The van der Waals surface area contributed by atoms with Crippen LogP contribution >= 0.6 is 0 Å². The molecule has 0 aromatic rings. The Morgan fingerprint density at radius 3 is 2.43 bits per heavy atom. The van der Waals surface area contributed by atoms with Crippen molar-refractivity contribution < 1.29 is 20.0 Å². The lowest BCUT2D eigenvalue weighted by molar-refractivity contribution is -0.229. The topological polar surface area (TPSA) is 66.8 Å². The molecule has 2 N–H and O–H groups in total. The highest BCUT2D eigenvalue weighted by Gasteiger charge is 2.19. The SMILES string of the molecule is CC(=CC(C)(C)CC(C)O)C(=O)OO. The molecule has 0 aromatic carbocycles. The molecule has 1 atom stereocenters. The highest BCUT2D eigenvalue weighted by Crippen LogP contribution is 2.25. The molecule has 0 heterocycles. The van der Waals surface area contributed by atoms with Crippen molar-refractivity contribution >= 4 is 5.97 Å². The Kier molecular flexibility index (Phi) is 4.80. The summed E-state index contributed by atoms with van der Waals surface area (Å²) in [4.78, 5) is 14.5. The van der Waals surface area contributed by atoms with E-state index in [4.69, 9.17) is 5.26 Å². The maximum atomic E-state index is 10.9. The molecule has 0 spiro atoms. The van der Waals surface area contributed by atoms with Gasteiger partial charge in [-0.1, -0.05) is 19.9 Å². The fourth-order valence-electron chi connectivity index (χ4n) is 1.54. The van der Waals surface area contributed by atoms with Gasteiger partial charge in [-0.15, -0.1) is 0 Å².